The van der Waals surface area contributed by atoms with Gasteiger partial charge in [0.05, 0.1) is 0 Å². The highest BCUT2D eigenvalue weighted by molar-refractivity contribution is 5.13. The molecule has 0 atom stereocenters. The Kier molecular flexibility index (Phi) is 6.36. The van der Waals surface area contributed by atoms with Crippen molar-refractivity contribution in [3.63, 3.8) is 0 Å². The average Bonchev–Trinajstić information content (AvgIpc) is 2.91. The lowest BCUT2D eigenvalue weighted by molar-refractivity contribution is -0.694. The minimum atomic E-state index is 0.968. The monoisotopic (exact) mass is 271 g/mol. The van der Waals surface area contributed by atoms with E-state index in [1.54, 1.807) is 0 Å². The predicted octanol–water partition coefficient (Wildman–Crippen LogP) is 4.25. The Balaban J connectivity index is 1.77. The number of aromatic nitrogens is 2. The van der Waals surface area contributed by atoms with E-state index in [0.717, 1.165) is 13.0 Å². The normalized spacial score (nSPS) is 10.8. The maximum absolute atomic E-state index is 3.39. The molecule has 108 valence electrons. The number of aryl methyl sites for hydroxylation is 1. The molecule has 0 aliphatic carbocycles. The molecule has 1 N–H and O–H groups in total. The number of hydrogen-bond donors (Lipinski definition) is 1. The number of hydrogen-bond acceptors (Lipinski definition) is 0. The van der Waals surface area contributed by atoms with Crippen LogP contribution in [0.2, 0.25) is 0 Å². The molecule has 0 fully saturated rings. The van der Waals surface area contributed by atoms with Crippen LogP contribution in [0.1, 0.15) is 56.8 Å². The molecular formula is C18H27N2+. The van der Waals surface area contributed by atoms with Gasteiger partial charge in [0.1, 0.15) is 18.9 Å². The topological polar surface area (TPSA) is 19.7 Å². The van der Waals surface area contributed by atoms with Crippen LogP contribution in [0.25, 0.3) is 0 Å². The number of nitrogens with one attached hydrogen (secondary N) is 1. The van der Waals surface area contributed by atoms with Crippen LogP contribution in [0.15, 0.2) is 42.7 Å². The highest BCUT2D eigenvalue weighted by Crippen LogP contribution is 2.07. The molecule has 0 amide bonds. The molecule has 20 heavy (non-hydrogen) atoms. The highest BCUT2D eigenvalue weighted by atomic mass is 15.1. The lowest BCUT2D eigenvalue weighted by atomic mass is 10.1. The van der Waals surface area contributed by atoms with Crippen molar-refractivity contribution >= 4 is 0 Å². The summed E-state index contributed by atoms with van der Waals surface area (Å²) >= 11 is 0. The van der Waals surface area contributed by atoms with Gasteiger partial charge in [0.25, 0.3) is 5.82 Å². The number of nitrogens with zero attached hydrogens (tertiary/aromatic N) is 1. The molecule has 2 heteroatoms. The van der Waals surface area contributed by atoms with Gasteiger partial charge in [0.15, 0.2) is 0 Å². The van der Waals surface area contributed by atoms with E-state index in [1.807, 2.05) is 0 Å². The van der Waals surface area contributed by atoms with E-state index in [1.165, 1.54) is 49.9 Å². The lowest BCUT2D eigenvalue weighted by Gasteiger charge is -2.02. The van der Waals surface area contributed by atoms with Crippen molar-refractivity contribution < 1.29 is 4.57 Å². The molecule has 0 aliphatic heterocycles. The molecule has 1 aromatic heterocycles. The van der Waals surface area contributed by atoms with Crippen LogP contribution in [0.4, 0.5) is 0 Å². The van der Waals surface area contributed by atoms with Crippen molar-refractivity contribution in [3.8, 4) is 0 Å². The summed E-state index contributed by atoms with van der Waals surface area (Å²) in [5.41, 5.74) is 1.36. The third kappa shape index (κ3) is 4.84. The van der Waals surface area contributed by atoms with E-state index < -0.39 is 0 Å². The molecule has 0 saturated heterocycles. The van der Waals surface area contributed by atoms with Crippen LogP contribution in [-0.4, -0.2) is 4.98 Å². The molecule has 0 radical (unpaired) electrons. The molecular weight excluding hydrogens is 244 g/mol. The van der Waals surface area contributed by atoms with Crippen molar-refractivity contribution in [2.45, 2.75) is 58.4 Å². The van der Waals surface area contributed by atoms with Gasteiger partial charge in [-0.25, -0.2) is 9.55 Å². The van der Waals surface area contributed by atoms with E-state index >= 15 is 0 Å². The van der Waals surface area contributed by atoms with E-state index in [-0.39, 0.29) is 0 Å². The average molecular weight is 271 g/mol. The first kappa shape index (κ1) is 14.8. The molecule has 2 rings (SSSR count). The number of rotatable bonds is 9. The number of benzene rings is 1. The maximum atomic E-state index is 3.39. The minimum absolute atomic E-state index is 0.968. The summed E-state index contributed by atoms with van der Waals surface area (Å²) in [6.07, 6.45) is 13.5. The van der Waals surface area contributed by atoms with Crippen molar-refractivity contribution in [1.29, 1.82) is 0 Å². The van der Waals surface area contributed by atoms with Gasteiger partial charge in [0, 0.05) is 6.42 Å². The summed E-state index contributed by atoms with van der Waals surface area (Å²) < 4.78 is 2.33. The largest absolute Gasteiger partial charge is 0.254 e. The van der Waals surface area contributed by atoms with E-state index in [9.17, 15) is 0 Å². The summed E-state index contributed by atoms with van der Waals surface area (Å²) in [6.45, 7) is 3.24. The molecule has 0 bridgehead atoms. The summed E-state index contributed by atoms with van der Waals surface area (Å²) in [6, 6.07) is 10.7. The van der Waals surface area contributed by atoms with Crippen molar-refractivity contribution in [1.82, 2.24) is 4.98 Å². The molecule has 2 nitrogen and oxygen atoms in total. The van der Waals surface area contributed by atoms with E-state index in [0.29, 0.717) is 0 Å². The fourth-order valence-electron chi connectivity index (χ4n) is 2.61. The molecule has 1 aromatic carbocycles. The van der Waals surface area contributed by atoms with Gasteiger partial charge >= 0.3 is 0 Å². The summed E-state index contributed by atoms with van der Waals surface area (Å²) in [5, 5.41) is 0. The molecule has 1 heterocycles. The van der Waals surface area contributed by atoms with Gasteiger partial charge in [-0.05, 0) is 12.0 Å². The fraction of sp³-hybridized carbons (Fsp3) is 0.500. The Morgan fingerprint density at radius 1 is 0.950 bits per heavy atom. The lowest BCUT2D eigenvalue weighted by Crippen LogP contribution is -2.36. The summed E-state index contributed by atoms with van der Waals surface area (Å²) in [7, 11) is 0. The Morgan fingerprint density at radius 3 is 2.50 bits per heavy atom. The highest BCUT2D eigenvalue weighted by Gasteiger charge is 2.10. The Labute approximate surface area is 122 Å². The van der Waals surface area contributed by atoms with Crippen LogP contribution in [0, 0.1) is 0 Å². The van der Waals surface area contributed by atoms with Crippen molar-refractivity contribution in [3.05, 3.63) is 54.1 Å². The van der Waals surface area contributed by atoms with E-state index in [4.69, 9.17) is 0 Å². The maximum Gasteiger partial charge on any atom is 0.254 e. The zero-order chi connectivity index (χ0) is 14.0. The number of imidazole rings is 1. The van der Waals surface area contributed by atoms with Gasteiger partial charge in [0.2, 0.25) is 0 Å². The van der Waals surface area contributed by atoms with Crippen LogP contribution in [0.3, 0.4) is 0 Å². The Morgan fingerprint density at radius 2 is 1.70 bits per heavy atom. The van der Waals surface area contributed by atoms with Crippen LogP contribution in [0.5, 0.6) is 0 Å². The zero-order valence-corrected chi connectivity index (χ0v) is 12.6. The number of H-pyrrole nitrogens is 1. The second-order valence-electron chi connectivity index (χ2n) is 5.54. The first-order valence-corrected chi connectivity index (χ1v) is 7.99. The van der Waals surface area contributed by atoms with Gasteiger partial charge in [-0.2, -0.15) is 0 Å². The van der Waals surface area contributed by atoms with Gasteiger partial charge in [-0.1, -0.05) is 69.4 Å². The van der Waals surface area contributed by atoms with Crippen LogP contribution < -0.4 is 4.57 Å². The van der Waals surface area contributed by atoms with Crippen molar-refractivity contribution in [2.75, 3.05) is 0 Å². The molecule has 2 aromatic rings. The fourth-order valence-corrected chi connectivity index (χ4v) is 2.61. The summed E-state index contributed by atoms with van der Waals surface area (Å²) in [5.74, 6) is 1.35. The first-order valence-electron chi connectivity index (χ1n) is 7.99. The van der Waals surface area contributed by atoms with Crippen LogP contribution in [-0.2, 0) is 13.0 Å². The second-order valence-corrected chi connectivity index (χ2v) is 5.54. The number of aromatic amines is 1. The molecule has 0 aliphatic rings. The van der Waals surface area contributed by atoms with Gasteiger partial charge < -0.3 is 0 Å². The predicted molar refractivity (Wildman–Crippen MR) is 83.6 cm³/mol. The number of unbranched alkanes of at least 4 members (excludes halogenated alkanes) is 5. The third-order valence-corrected chi connectivity index (χ3v) is 3.81. The Bertz CT molecular complexity index is 473. The first-order chi connectivity index (χ1) is 9.90. The van der Waals surface area contributed by atoms with Crippen LogP contribution >= 0.6 is 0 Å². The molecule has 0 saturated carbocycles. The third-order valence-electron chi connectivity index (χ3n) is 3.81. The minimum Gasteiger partial charge on any atom is -0.248 e. The second kappa shape index (κ2) is 8.57. The standard InChI is InChI=1S/C18H26N2/c1-2-3-4-5-6-10-13-18-19-14-15-20(18)16-17-11-8-7-9-12-17/h7-9,11-12,14-15H,2-6,10,13,16H2,1H3/p+1. The molecule has 0 unspecified atom stereocenters. The van der Waals surface area contributed by atoms with Gasteiger partial charge in [-0.3, -0.25) is 0 Å². The Hall–Kier alpha value is -1.57. The quantitative estimate of drug-likeness (QED) is 0.519. The smallest absolute Gasteiger partial charge is 0.248 e. The summed E-state index contributed by atoms with van der Waals surface area (Å²) in [4.78, 5) is 3.39. The zero-order valence-electron chi connectivity index (χ0n) is 12.6. The molecule has 0 spiro atoms. The van der Waals surface area contributed by atoms with Crippen molar-refractivity contribution in [2.24, 2.45) is 0 Å². The van der Waals surface area contributed by atoms with E-state index in [2.05, 4.69) is 59.2 Å². The van der Waals surface area contributed by atoms with Gasteiger partial charge in [-0.15, -0.1) is 0 Å². The SMILES string of the molecule is CCCCCCCCc1[nH]cc[n+]1Cc1ccccc1.